The van der Waals surface area contributed by atoms with Crippen molar-refractivity contribution in [3.63, 3.8) is 0 Å². The largest absolute Gasteiger partial charge is 0.329 e. The first-order chi connectivity index (χ1) is 8.35. The van der Waals surface area contributed by atoms with Gasteiger partial charge < -0.3 is 5.73 Å². The molecule has 0 aromatic carbocycles. The molecule has 2 N–H and O–H groups in total. The smallest absolute Gasteiger partial charge is 0.0304 e. The quantitative estimate of drug-likeness (QED) is 0.739. The highest BCUT2D eigenvalue weighted by Gasteiger charge is 2.38. The first kappa shape index (κ1) is 15.9. The van der Waals surface area contributed by atoms with Crippen molar-refractivity contribution in [2.45, 2.75) is 64.5 Å². The van der Waals surface area contributed by atoms with E-state index >= 15 is 0 Å². The van der Waals surface area contributed by atoms with Crippen LogP contribution in [0.2, 0.25) is 0 Å². The Kier molecular flexibility index (Phi) is 5.63. The van der Waals surface area contributed by atoms with Gasteiger partial charge >= 0.3 is 0 Å². The Morgan fingerprint density at radius 3 is 2.39 bits per heavy atom. The topological polar surface area (TPSA) is 32.5 Å². The van der Waals surface area contributed by atoms with E-state index in [0.717, 1.165) is 26.2 Å². The molecule has 0 radical (unpaired) electrons. The summed E-state index contributed by atoms with van der Waals surface area (Å²) in [6.07, 6.45) is 5.15. The van der Waals surface area contributed by atoms with E-state index < -0.39 is 0 Å². The minimum atomic E-state index is 0.188. The average Bonchev–Trinajstić information content (AvgIpc) is 2.32. The summed E-state index contributed by atoms with van der Waals surface area (Å²) in [7, 11) is 2.23. The lowest BCUT2D eigenvalue weighted by Gasteiger charge is -2.52. The average molecular weight is 255 g/mol. The molecule has 108 valence electrons. The van der Waals surface area contributed by atoms with Crippen LogP contribution in [0, 0.1) is 0 Å². The summed E-state index contributed by atoms with van der Waals surface area (Å²) >= 11 is 0. The number of rotatable bonds is 6. The highest BCUT2D eigenvalue weighted by molar-refractivity contribution is 4.96. The SMILES string of the molecule is CCCCCC(C)(CN)N1CCN(C)C(C)(C)C1. The Hall–Kier alpha value is -0.120. The number of likely N-dealkylation sites (N-methyl/N-ethyl adjacent to an activating group) is 1. The van der Waals surface area contributed by atoms with Crippen LogP contribution in [-0.4, -0.2) is 54.1 Å². The second-order valence-corrected chi connectivity index (χ2v) is 6.81. The summed E-state index contributed by atoms with van der Waals surface area (Å²) in [4.78, 5) is 5.09. The monoisotopic (exact) mass is 255 g/mol. The molecule has 0 aromatic heterocycles. The van der Waals surface area contributed by atoms with Crippen LogP contribution in [0.1, 0.15) is 53.4 Å². The number of hydrogen-bond donors (Lipinski definition) is 1. The molecule has 1 heterocycles. The van der Waals surface area contributed by atoms with E-state index in [1.54, 1.807) is 0 Å². The summed E-state index contributed by atoms with van der Waals surface area (Å²) in [5, 5.41) is 0. The van der Waals surface area contributed by atoms with Crippen molar-refractivity contribution >= 4 is 0 Å². The van der Waals surface area contributed by atoms with Crippen LogP contribution < -0.4 is 5.73 Å². The molecule has 1 atom stereocenters. The van der Waals surface area contributed by atoms with E-state index in [1.807, 2.05) is 0 Å². The minimum absolute atomic E-state index is 0.188. The van der Waals surface area contributed by atoms with Crippen LogP contribution in [0.5, 0.6) is 0 Å². The summed E-state index contributed by atoms with van der Waals surface area (Å²) < 4.78 is 0. The molecule has 1 unspecified atom stereocenters. The van der Waals surface area contributed by atoms with E-state index in [9.17, 15) is 0 Å². The summed E-state index contributed by atoms with van der Waals surface area (Å²) in [6, 6.07) is 0. The molecule has 1 fully saturated rings. The Morgan fingerprint density at radius 2 is 1.89 bits per heavy atom. The van der Waals surface area contributed by atoms with Crippen molar-refractivity contribution in [1.82, 2.24) is 9.80 Å². The third-order valence-corrected chi connectivity index (χ3v) is 4.84. The molecule has 0 aliphatic carbocycles. The molecule has 3 heteroatoms. The zero-order valence-corrected chi connectivity index (χ0v) is 13.1. The number of nitrogens with two attached hydrogens (primary N) is 1. The first-order valence-electron chi connectivity index (χ1n) is 7.52. The van der Waals surface area contributed by atoms with Gasteiger partial charge in [-0.3, -0.25) is 9.80 Å². The molecular formula is C15H33N3. The zero-order chi connectivity index (χ0) is 13.8. The van der Waals surface area contributed by atoms with Gasteiger partial charge in [0, 0.05) is 37.3 Å². The van der Waals surface area contributed by atoms with E-state index in [1.165, 1.54) is 25.7 Å². The van der Waals surface area contributed by atoms with Gasteiger partial charge in [0.2, 0.25) is 0 Å². The molecular weight excluding hydrogens is 222 g/mol. The van der Waals surface area contributed by atoms with E-state index in [-0.39, 0.29) is 11.1 Å². The van der Waals surface area contributed by atoms with Gasteiger partial charge in [0.1, 0.15) is 0 Å². The molecule has 1 aliphatic heterocycles. The Morgan fingerprint density at radius 1 is 1.22 bits per heavy atom. The lowest BCUT2D eigenvalue weighted by Crippen LogP contribution is -2.64. The normalized spacial score (nSPS) is 25.0. The van der Waals surface area contributed by atoms with Gasteiger partial charge in [0.15, 0.2) is 0 Å². The van der Waals surface area contributed by atoms with Crippen LogP contribution in [-0.2, 0) is 0 Å². The lowest BCUT2D eigenvalue weighted by atomic mass is 9.88. The van der Waals surface area contributed by atoms with Gasteiger partial charge in [0.25, 0.3) is 0 Å². The Balaban J connectivity index is 2.64. The fraction of sp³-hybridized carbons (Fsp3) is 1.00. The van der Waals surface area contributed by atoms with Gasteiger partial charge in [0.05, 0.1) is 0 Å². The van der Waals surface area contributed by atoms with Crippen molar-refractivity contribution in [1.29, 1.82) is 0 Å². The van der Waals surface area contributed by atoms with Crippen LogP contribution in [0.25, 0.3) is 0 Å². The van der Waals surface area contributed by atoms with Gasteiger partial charge in [-0.15, -0.1) is 0 Å². The van der Waals surface area contributed by atoms with Crippen molar-refractivity contribution in [3.05, 3.63) is 0 Å². The molecule has 1 rings (SSSR count). The zero-order valence-electron chi connectivity index (χ0n) is 13.1. The predicted molar refractivity (Wildman–Crippen MR) is 79.9 cm³/mol. The van der Waals surface area contributed by atoms with Gasteiger partial charge in [-0.2, -0.15) is 0 Å². The highest BCUT2D eigenvalue weighted by Crippen LogP contribution is 2.28. The van der Waals surface area contributed by atoms with Crippen molar-refractivity contribution in [3.8, 4) is 0 Å². The van der Waals surface area contributed by atoms with Crippen molar-refractivity contribution < 1.29 is 0 Å². The van der Waals surface area contributed by atoms with Crippen LogP contribution in [0.3, 0.4) is 0 Å². The van der Waals surface area contributed by atoms with Crippen LogP contribution >= 0.6 is 0 Å². The molecule has 0 bridgehead atoms. The highest BCUT2D eigenvalue weighted by atomic mass is 15.3. The molecule has 0 spiro atoms. The van der Waals surface area contributed by atoms with Gasteiger partial charge in [-0.25, -0.2) is 0 Å². The van der Waals surface area contributed by atoms with Crippen molar-refractivity contribution in [2.24, 2.45) is 5.73 Å². The van der Waals surface area contributed by atoms with Gasteiger partial charge in [-0.05, 0) is 34.2 Å². The molecule has 0 saturated carbocycles. The first-order valence-corrected chi connectivity index (χ1v) is 7.52. The van der Waals surface area contributed by atoms with Gasteiger partial charge in [-0.1, -0.05) is 26.2 Å². The predicted octanol–water partition coefficient (Wildman–Crippen LogP) is 2.31. The molecule has 0 aromatic rings. The number of piperazine rings is 1. The molecule has 1 saturated heterocycles. The molecule has 3 nitrogen and oxygen atoms in total. The maximum atomic E-state index is 6.09. The maximum Gasteiger partial charge on any atom is 0.0304 e. The molecule has 1 aliphatic rings. The Labute approximate surface area is 114 Å². The standard InChI is InChI=1S/C15H33N3/c1-6-7-8-9-15(4,12-16)18-11-10-17(5)14(2,3)13-18/h6-13,16H2,1-5H3. The minimum Gasteiger partial charge on any atom is -0.329 e. The fourth-order valence-electron chi connectivity index (χ4n) is 2.85. The third-order valence-electron chi connectivity index (χ3n) is 4.84. The van der Waals surface area contributed by atoms with Crippen LogP contribution in [0.4, 0.5) is 0 Å². The number of unbranched alkanes of at least 4 members (excludes halogenated alkanes) is 2. The van der Waals surface area contributed by atoms with E-state index in [2.05, 4.69) is 44.5 Å². The number of hydrogen-bond acceptors (Lipinski definition) is 3. The summed E-state index contributed by atoms with van der Waals surface area (Å²) in [5.74, 6) is 0. The fourth-order valence-corrected chi connectivity index (χ4v) is 2.85. The third kappa shape index (κ3) is 3.69. The maximum absolute atomic E-state index is 6.09. The number of nitrogens with zero attached hydrogens (tertiary/aromatic N) is 2. The molecule has 18 heavy (non-hydrogen) atoms. The molecule has 0 amide bonds. The van der Waals surface area contributed by atoms with Crippen LogP contribution in [0.15, 0.2) is 0 Å². The summed E-state index contributed by atoms with van der Waals surface area (Å²) in [5.41, 5.74) is 6.54. The van der Waals surface area contributed by atoms with E-state index in [0.29, 0.717) is 0 Å². The van der Waals surface area contributed by atoms with E-state index in [4.69, 9.17) is 5.73 Å². The Bertz CT molecular complexity index is 252. The van der Waals surface area contributed by atoms with Crippen molar-refractivity contribution in [2.75, 3.05) is 33.2 Å². The second-order valence-electron chi connectivity index (χ2n) is 6.81. The lowest BCUT2D eigenvalue weighted by molar-refractivity contribution is -0.0191. The summed E-state index contributed by atoms with van der Waals surface area (Å²) in [6.45, 7) is 13.5. The second kappa shape index (κ2) is 6.36.